The molecule has 5 heteroatoms. The van der Waals surface area contributed by atoms with Gasteiger partial charge in [0.2, 0.25) is 0 Å². The van der Waals surface area contributed by atoms with Crippen molar-refractivity contribution in [3.8, 4) is 0 Å². The molecule has 1 aromatic carbocycles. The minimum Gasteiger partial charge on any atom is -0.335 e. The number of hydrogen-bond donors (Lipinski definition) is 0. The van der Waals surface area contributed by atoms with Crippen LogP contribution < -0.4 is 0 Å². The van der Waals surface area contributed by atoms with Gasteiger partial charge in [0.15, 0.2) is 0 Å². The summed E-state index contributed by atoms with van der Waals surface area (Å²) in [5.74, 6) is 0.745. The van der Waals surface area contributed by atoms with E-state index in [-0.39, 0.29) is 5.91 Å². The summed E-state index contributed by atoms with van der Waals surface area (Å²) >= 11 is 1.58. The highest BCUT2D eigenvalue weighted by atomic mass is 32.1. The van der Waals surface area contributed by atoms with Gasteiger partial charge in [-0.3, -0.25) is 4.79 Å². The van der Waals surface area contributed by atoms with Gasteiger partial charge in [-0.05, 0) is 31.5 Å². The van der Waals surface area contributed by atoms with E-state index < -0.39 is 0 Å². The molecule has 3 heterocycles. The van der Waals surface area contributed by atoms with Crippen molar-refractivity contribution in [3.63, 3.8) is 0 Å². The van der Waals surface area contributed by atoms with Gasteiger partial charge in [-0.25, -0.2) is 4.98 Å². The lowest BCUT2D eigenvalue weighted by Gasteiger charge is -2.20. The number of likely N-dealkylation sites (N-methyl/N-ethyl adjacent to an activating group) is 1. The third-order valence-electron chi connectivity index (χ3n) is 5.08. The molecule has 2 aliphatic heterocycles. The van der Waals surface area contributed by atoms with Crippen molar-refractivity contribution in [2.75, 3.05) is 26.7 Å². The Labute approximate surface area is 140 Å². The Bertz CT molecular complexity index is 699. The predicted octanol–water partition coefficient (Wildman–Crippen LogP) is 2.51. The van der Waals surface area contributed by atoms with Gasteiger partial charge in [-0.2, -0.15) is 0 Å². The van der Waals surface area contributed by atoms with Crippen LogP contribution in [0.4, 0.5) is 0 Å². The smallest absolute Gasteiger partial charge is 0.273 e. The summed E-state index contributed by atoms with van der Waals surface area (Å²) in [5.41, 5.74) is 1.85. The number of amides is 1. The molecule has 120 valence electrons. The van der Waals surface area contributed by atoms with Gasteiger partial charge < -0.3 is 9.80 Å². The first-order valence-corrected chi connectivity index (χ1v) is 9.06. The zero-order valence-electron chi connectivity index (χ0n) is 13.3. The Morgan fingerprint density at radius 3 is 2.91 bits per heavy atom. The maximum Gasteiger partial charge on any atom is 0.273 e. The minimum absolute atomic E-state index is 0.100. The lowest BCUT2D eigenvalue weighted by molar-refractivity contribution is 0.0769. The fourth-order valence-electron chi connectivity index (χ4n) is 3.76. The monoisotopic (exact) mass is 327 g/mol. The second kappa shape index (κ2) is 6.06. The second-order valence-electron chi connectivity index (χ2n) is 6.60. The maximum absolute atomic E-state index is 12.7. The molecule has 0 N–H and O–H groups in total. The molecule has 2 aromatic rings. The van der Waals surface area contributed by atoms with Crippen molar-refractivity contribution < 1.29 is 4.79 Å². The first-order chi connectivity index (χ1) is 11.2. The molecule has 2 aliphatic rings. The van der Waals surface area contributed by atoms with Crippen molar-refractivity contribution in [1.29, 1.82) is 0 Å². The lowest BCUT2D eigenvalue weighted by Crippen LogP contribution is -2.35. The number of fused-ring (bicyclic) bond motifs is 1. The highest BCUT2D eigenvalue weighted by Crippen LogP contribution is 2.31. The van der Waals surface area contributed by atoms with E-state index in [2.05, 4.69) is 29.1 Å². The van der Waals surface area contributed by atoms with E-state index in [0.717, 1.165) is 31.1 Å². The van der Waals surface area contributed by atoms with E-state index >= 15 is 0 Å². The van der Waals surface area contributed by atoms with Crippen LogP contribution >= 0.6 is 11.3 Å². The molecule has 0 unspecified atom stereocenters. The predicted molar refractivity (Wildman–Crippen MR) is 91.8 cm³/mol. The highest BCUT2D eigenvalue weighted by molar-refractivity contribution is 7.09. The average molecular weight is 327 g/mol. The molecule has 4 rings (SSSR count). The van der Waals surface area contributed by atoms with Crippen LogP contribution in [0.5, 0.6) is 0 Å². The van der Waals surface area contributed by atoms with Crippen LogP contribution in [0.15, 0.2) is 35.7 Å². The quantitative estimate of drug-likeness (QED) is 0.869. The molecule has 2 atom stereocenters. The fourth-order valence-corrected chi connectivity index (χ4v) is 4.56. The first kappa shape index (κ1) is 14.8. The standard InChI is InChI=1S/C18H21N3OS/c1-20-8-7-14-10-21(11-16(14)20)18(22)15-12-23-17(19-15)9-13-5-3-2-4-6-13/h2-6,12,14,16H,7-11H2,1H3/t14-,16+/m1/s1. The second-order valence-corrected chi connectivity index (χ2v) is 7.54. The first-order valence-electron chi connectivity index (χ1n) is 8.18. The Kier molecular flexibility index (Phi) is 3.91. The van der Waals surface area contributed by atoms with Crippen molar-refractivity contribution >= 4 is 17.2 Å². The third kappa shape index (κ3) is 2.91. The van der Waals surface area contributed by atoms with Gasteiger partial charge in [0.1, 0.15) is 5.69 Å². The molecule has 0 saturated carbocycles. The van der Waals surface area contributed by atoms with Crippen molar-refractivity contribution in [3.05, 3.63) is 52.0 Å². The molecule has 0 bridgehead atoms. The largest absolute Gasteiger partial charge is 0.335 e. The van der Waals surface area contributed by atoms with Crippen LogP contribution in [0.1, 0.15) is 27.5 Å². The fraction of sp³-hybridized carbons (Fsp3) is 0.444. The summed E-state index contributed by atoms with van der Waals surface area (Å²) in [6.07, 6.45) is 2.01. The van der Waals surface area contributed by atoms with E-state index in [1.54, 1.807) is 11.3 Å². The summed E-state index contributed by atoms with van der Waals surface area (Å²) in [7, 11) is 2.17. The molecule has 0 aliphatic carbocycles. The van der Waals surface area contributed by atoms with Crippen LogP contribution in [0.3, 0.4) is 0 Å². The van der Waals surface area contributed by atoms with E-state index in [9.17, 15) is 4.79 Å². The SMILES string of the molecule is CN1CC[C@@H]2CN(C(=O)c3csc(Cc4ccccc4)n3)C[C@@H]21. The molecule has 2 saturated heterocycles. The summed E-state index contributed by atoms with van der Waals surface area (Å²) in [5, 5.41) is 2.93. The zero-order chi connectivity index (χ0) is 15.8. The van der Waals surface area contributed by atoms with Gasteiger partial charge in [-0.15, -0.1) is 11.3 Å². The van der Waals surface area contributed by atoms with Crippen molar-refractivity contribution in [2.24, 2.45) is 5.92 Å². The van der Waals surface area contributed by atoms with Crippen molar-refractivity contribution in [2.45, 2.75) is 18.9 Å². The van der Waals surface area contributed by atoms with Gasteiger partial charge in [0.05, 0.1) is 5.01 Å². The zero-order valence-corrected chi connectivity index (χ0v) is 14.1. The van der Waals surface area contributed by atoms with E-state index in [1.807, 2.05) is 28.5 Å². The molecule has 2 fully saturated rings. The maximum atomic E-state index is 12.7. The molecular formula is C18H21N3OS. The summed E-state index contributed by atoms with van der Waals surface area (Å²) in [6.45, 7) is 2.90. The number of carbonyl (C=O) groups excluding carboxylic acids is 1. The summed E-state index contributed by atoms with van der Waals surface area (Å²) < 4.78 is 0. The third-order valence-corrected chi connectivity index (χ3v) is 5.93. The van der Waals surface area contributed by atoms with Crippen LogP contribution in [-0.2, 0) is 6.42 Å². The van der Waals surface area contributed by atoms with Crippen molar-refractivity contribution in [1.82, 2.24) is 14.8 Å². The number of nitrogens with zero attached hydrogens (tertiary/aromatic N) is 3. The van der Waals surface area contributed by atoms with E-state index in [1.165, 1.54) is 12.0 Å². The number of thiazole rings is 1. The number of carbonyl (C=O) groups is 1. The number of rotatable bonds is 3. The van der Waals surface area contributed by atoms with Crippen LogP contribution in [0.2, 0.25) is 0 Å². The number of benzene rings is 1. The topological polar surface area (TPSA) is 36.4 Å². The molecule has 0 radical (unpaired) electrons. The molecule has 1 aromatic heterocycles. The van der Waals surface area contributed by atoms with E-state index in [0.29, 0.717) is 17.7 Å². The van der Waals surface area contributed by atoms with Crippen LogP contribution in [-0.4, -0.2) is 53.4 Å². The number of likely N-dealkylation sites (tertiary alicyclic amines) is 2. The van der Waals surface area contributed by atoms with Gasteiger partial charge >= 0.3 is 0 Å². The van der Waals surface area contributed by atoms with Gasteiger partial charge in [-0.1, -0.05) is 30.3 Å². The highest BCUT2D eigenvalue weighted by Gasteiger charge is 2.41. The lowest BCUT2D eigenvalue weighted by atomic mass is 10.1. The minimum atomic E-state index is 0.100. The summed E-state index contributed by atoms with van der Waals surface area (Å²) in [6, 6.07) is 10.8. The number of aromatic nitrogens is 1. The van der Waals surface area contributed by atoms with Gasteiger partial charge in [0.25, 0.3) is 5.91 Å². The molecule has 23 heavy (non-hydrogen) atoms. The Balaban J connectivity index is 1.44. The van der Waals surface area contributed by atoms with Crippen LogP contribution in [0.25, 0.3) is 0 Å². The van der Waals surface area contributed by atoms with E-state index in [4.69, 9.17) is 0 Å². The molecule has 4 nitrogen and oxygen atoms in total. The Morgan fingerprint density at radius 1 is 1.30 bits per heavy atom. The van der Waals surface area contributed by atoms with Gasteiger partial charge in [0, 0.05) is 30.9 Å². The Hall–Kier alpha value is -1.72. The average Bonchev–Trinajstić information content (AvgIpc) is 3.26. The molecule has 1 amide bonds. The van der Waals surface area contributed by atoms with Crippen LogP contribution in [0, 0.1) is 5.92 Å². The molecule has 0 spiro atoms. The summed E-state index contributed by atoms with van der Waals surface area (Å²) in [4.78, 5) is 21.7. The molecular weight excluding hydrogens is 306 g/mol. The Morgan fingerprint density at radius 2 is 2.13 bits per heavy atom. The normalized spacial score (nSPS) is 24.1. The number of hydrogen-bond acceptors (Lipinski definition) is 4.